The molecule has 0 bridgehead atoms. The van der Waals surface area contributed by atoms with E-state index in [1.165, 1.54) is 25.3 Å². The van der Waals surface area contributed by atoms with E-state index in [2.05, 4.69) is 16.0 Å². The molecule has 0 spiro atoms. The normalized spacial score (nSPS) is 11.2. The molecule has 0 unspecified atom stereocenters. The van der Waals surface area contributed by atoms with Crippen molar-refractivity contribution in [3.63, 3.8) is 0 Å². The summed E-state index contributed by atoms with van der Waals surface area (Å²) in [6.07, 6.45) is 2.83. The Hall–Kier alpha value is -2.81. The lowest BCUT2D eigenvalue weighted by Crippen LogP contribution is -2.32. The fourth-order valence-electron chi connectivity index (χ4n) is 1.88. The first-order valence-corrected chi connectivity index (χ1v) is 8.79. The Kier molecular flexibility index (Phi) is 9.80. The van der Waals surface area contributed by atoms with Crippen LogP contribution in [0.4, 0.5) is 19.7 Å². The summed E-state index contributed by atoms with van der Waals surface area (Å²) in [5.41, 5.74) is -0.258. The third kappa shape index (κ3) is 10.4. The zero-order chi connectivity index (χ0) is 21.0. The van der Waals surface area contributed by atoms with E-state index in [-0.39, 0.29) is 25.4 Å². The smallest absolute Gasteiger partial charge is 0.407 e. The van der Waals surface area contributed by atoms with Crippen LogP contribution in [0, 0.1) is 5.82 Å². The van der Waals surface area contributed by atoms with Gasteiger partial charge in [0.2, 0.25) is 0 Å². The number of nitrogens with one attached hydrogen (secondary N) is 3. The fraction of sp³-hybridized carbons (Fsp3) is 0.474. The largest absolute Gasteiger partial charge is 0.488 e. The number of rotatable bonds is 9. The van der Waals surface area contributed by atoms with Gasteiger partial charge in [-0.05, 0) is 32.9 Å². The number of carbonyl (C=O) groups excluding carboxylic acids is 2. The van der Waals surface area contributed by atoms with Gasteiger partial charge in [-0.15, -0.1) is 0 Å². The van der Waals surface area contributed by atoms with Gasteiger partial charge in [-0.2, -0.15) is 0 Å². The standard InChI is InChI=1S/C19H28FN3O5/c1-19(2,3)28-18(25)22-10-6-5-9-21-17(24)23-14-7-8-16(15(20)13-14)27-12-11-26-4/h5-8,13H,9-12H2,1-4H3,(H,22,25)(H2,21,23,24)/b6-5+. The summed E-state index contributed by atoms with van der Waals surface area (Å²) < 4.78 is 29.0. The van der Waals surface area contributed by atoms with Crippen LogP contribution in [0.15, 0.2) is 30.4 Å². The van der Waals surface area contributed by atoms with Crippen molar-refractivity contribution in [2.45, 2.75) is 26.4 Å². The molecule has 0 aliphatic rings. The van der Waals surface area contributed by atoms with Crippen molar-refractivity contribution < 1.29 is 28.2 Å². The summed E-state index contributed by atoms with van der Waals surface area (Å²) in [6.45, 7) is 6.42. The van der Waals surface area contributed by atoms with Crippen LogP contribution >= 0.6 is 0 Å². The molecule has 1 aromatic rings. The molecule has 0 saturated heterocycles. The van der Waals surface area contributed by atoms with E-state index in [0.29, 0.717) is 12.3 Å². The number of hydrogen-bond acceptors (Lipinski definition) is 5. The summed E-state index contributed by atoms with van der Waals surface area (Å²) in [4.78, 5) is 23.2. The SMILES string of the molecule is COCCOc1ccc(NC(=O)NC/C=C/CNC(=O)OC(C)(C)C)cc1F. The lowest BCUT2D eigenvalue weighted by atomic mass is 10.2. The van der Waals surface area contributed by atoms with Gasteiger partial charge in [-0.3, -0.25) is 0 Å². The molecule has 0 aromatic heterocycles. The summed E-state index contributed by atoms with van der Waals surface area (Å²) in [5, 5.41) is 7.66. The number of ether oxygens (including phenoxy) is 3. The first-order chi connectivity index (χ1) is 13.2. The second-order valence-electron chi connectivity index (χ2n) is 6.68. The molecule has 3 N–H and O–H groups in total. The Morgan fingerprint density at radius 2 is 1.79 bits per heavy atom. The average molecular weight is 397 g/mol. The fourth-order valence-corrected chi connectivity index (χ4v) is 1.88. The second-order valence-corrected chi connectivity index (χ2v) is 6.68. The number of urea groups is 1. The number of benzene rings is 1. The van der Waals surface area contributed by atoms with Crippen molar-refractivity contribution in [1.29, 1.82) is 0 Å². The topological polar surface area (TPSA) is 97.9 Å². The number of anilines is 1. The molecule has 0 aliphatic heterocycles. The van der Waals surface area contributed by atoms with Crippen LogP contribution in [0.3, 0.4) is 0 Å². The van der Waals surface area contributed by atoms with E-state index in [0.717, 1.165) is 0 Å². The van der Waals surface area contributed by atoms with E-state index in [1.807, 2.05) is 0 Å². The predicted molar refractivity (Wildman–Crippen MR) is 104 cm³/mol. The molecule has 28 heavy (non-hydrogen) atoms. The highest BCUT2D eigenvalue weighted by atomic mass is 19.1. The van der Waals surface area contributed by atoms with Gasteiger partial charge in [-0.1, -0.05) is 12.2 Å². The Balaban J connectivity index is 2.29. The third-order valence-corrected chi connectivity index (χ3v) is 3.05. The molecule has 0 saturated carbocycles. The van der Waals surface area contributed by atoms with Crippen molar-refractivity contribution in [3.05, 3.63) is 36.2 Å². The molecule has 1 aromatic carbocycles. The lowest BCUT2D eigenvalue weighted by Gasteiger charge is -2.19. The highest BCUT2D eigenvalue weighted by Gasteiger charge is 2.15. The highest BCUT2D eigenvalue weighted by Crippen LogP contribution is 2.21. The number of amides is 3. The van der Waals surface area contributed by atoms with E-state index in [9.17, 15) is 14.0 Å². The van der Waals surface area contributed by atoms with Crippen LogP contribution in [-0.2, 0) is 9.47 Å². The molecule has 0 heterocycles. The van der Waals surface area contributed by atoms with Gasteiger partial charge in [0.25, 0.3) is 0 Å². The molecule has 0 atom stereocenters. The summed E-state index contributed by atoms with van der Waals surface area (Å²) in [5.74, 6) is -0.495. The number of hydrogen-bond donors (Lipinski definition) is 3. The zero-order valence-electron chi connectivity index (χ0n) is 16.6. The maximum Gasteiger partial charge on any atom is 0.407 e. The van der Waals surface area contributed by atoms with E-state index < -0.39 is 23.5 Å². The van der Waals surface area contributed by atoms with Gasteiger partial charge in [0.1, 0.15) is 12.2 Å². The minimum atomic E-state index is -0.581. The zero-order valence-corrected chi connectivity index (χ0v) is 16.6. The van der Waals surface area contributed by atoms with Crippen molar-refractivity contribution in [2.75, 3.05) is 38.7 Å². The predicted octanol–water partition coefficient (Wildman–Crippen LogP) is 3.05. The van der Waals surface area contributed by atoms with Gasteiger partial charge < -0.3 is 30.2 Å². The summed E-state index contributed by atoms with van der Waals surface area (Å²) in [7, 11) is 1.53. The Labute approximate surface area is 164 Å². The van der Waals surface area contributed by atoms with Gasteiger partial charge in [0.05, 0.1) is 6.61 Å². The molecule has 0 aliphatic carbocycles. The molecule has 1 rings (SSSR count). The van der Waals surface area contributed by atoms with Gasteiger partial charge in [-0.25, -0.2) is 14.0 Å². The maximum absolute atomic E-state index is 13.9. The minimum Gasteiger partial charge on any atom is -0.488 e. The quantitative estimate of drug-likeness (QED) is 0.439. The average Bonchev–Trinajstić information content (AvgIpc) is 2.58. The molecular formula is C19H28FN3O5. The highest BCUT2D eigenvalue weighted by molar-refractivity contribution is 5.89. The Bertz CT molecular complexity index is 674. The van der Waals surface area contributed by atoms with Gasteiger partial charge >= 0.3 is 12.1 Å². The maximum atomic E-state index is 13.9. The van der Waals surface area contributed by atoms with Gasteiger partial charge in [0.15, 0.2) is 11.6 Å². The van der Waals surface area contributed by atoms with Crippen molar-refractivity contribution in [2.24, 2.45) is 0 Å². The van der Waals surface area contributed by atoms with Crippen LogP contribution < -0.4 is 20.7 Å². The lowest BCUT2D eigenvalue weighted by molar-refractivity contribution is 0.0534. The van der Waals surface area contributed by atoms with E-state index in [4.69, 9.17) is 14.2 Å². The first-order valence-electron chi connectivity index (χ1n) is 8.79. The summed E-state index contributed by atoms with van der Waals surface area (Å²) in [6, 6.07) is 3.65. The Morgan fingerprint density at radius 1 is 1.11 bits per heavy atom. The third-order valence-electron chi connectivity index (χ3n) is 3.05. The van der Waals surface area contributed by atoms with Gasteiger partial charge in [0, 0.05) is 32.0 Å². The van der Waals surface area contributed by atoms with Crippen molar-refractivity contribution in [3.8, 4) is 5.75 Å². The van der Waals surface area contributed by atoms with Crippen molar-refractivity contribution >= 4 is 17.8 Å². The van der Waals surface area contributed by atoms with E-state index >= 15 is 0 Å². The van der Waals surface area contributed by atoms with Crippen LogP contribution in [0.1, 0.15) is 20.8 Å². The molecule has 156 valence electrons. The molecule has 8 nitrogen and oxygen atoms in total. The molecule has 0 radical (unpaired) electrons. The molecular weight excluding hydrogens is 369 g/mol. The monoisotopic (exact) mass is 397 g/mol. The van der Waals surface area contributed by atoms with E-state index in [1.54, 1.807) is 32.9 Å². The van der Waals surface area contributed by atoms with Crippen molar-refractivity contribution in [1.82, 2.24) is 10.6 Å². The molecule has 0 fully saturated rings. The minimum absolute atomic E-state index is 0.0865. The first kappa shape index (κ1) is 23.2. The van der Waals surface area contributed by atoms with Crippen LogP contribution in [-0.4, -0.2) is 51.1 Å². The number of carbonyl (C=O) groups is 2. The second kappa shape index (κ2) is 11.8. The number of alkyl carbamates (subject to hydrolysis) is 1. The Morgan fingerprint density at radius 3 is 2.39 bits per heavy atom. The summed E-state index contributed by atoms with van der Waals surface area (Å²) >= 11 is 0. The van der Waals surface area contributed by atoms with Crippen LogP contribution in [0.5, 0.6) is 5.75 Å². The van der Waals surface area contributed by atoms with Crippen LogP contribution in [0.25, 0.3) is 0 Å². The number of halogens is 1. The van der Waals surface area contributed by atoms with Crippen LogP contribution in [0.2, 0.25) is 0 Å². The number of methoxy groups -OCH3 is 1. The molecule has 3 amide bonds. The molecule has 9 heteroatoms.